The van der Waals surface area contributed by atoms with Crippen molar-refractivity contribution in [2.45, 2.75) is 25.3 Å². The highest BCUT2D eigenvalue weighted by atomic mass is 16.5. The van der Waals surface area contributed by atoms with Crippen molar-refractivity contribution in [2.75, 3.05) is 18.6 Å². The Labute approximate surface area is 110 Å². The molecule has 7 heteroatoms. The number of ether oxygens (including phenoxy) is 1. The Morgan fingerprint density at radius 1 is 1.53 bits per heavy atom. The monoisotopic (exact) mass is 265 g/mol. The van der Waals surface area contributed by atoms with E-state index in [1.54, 1.807) is 0 Å². The molecule has 1 aliphatic rings. The number of carboxylic acid groups (broad SMARTS) is 1. The summed E-state index contributed by atoms with van der Waals surface area (Å²) < 4.78 is 4.59. The van der Waals surface area contributed by atoms with Crippen LogP contribution < -0.4 is 4.90 Å². The predicted octanol–water partition coefficient (Wildman–Crippen LogP) is 0.707. The molecule has 0 bridgehead atoms. The van der Waals surface area contributed by atoms with Gasteiger partial charge in [0, 0.05) is 12.6 Å². The third-order valence-electron chi connectivity index (χ3n) is 3.10. The Kier molecular flexibility index (Phi) is 3.94. The van der Waals surface area contributed by atoms with Gasteiger partial charge in [-0.1, -0.05) is 0 Å². The van der Waals surface area contributed by atoms with Gasteiger partial charge in [0.1, 0.15) is 5.82 Å². The average molecular weight is 265 g/mol. The summed E-state index contributed by atoms with van der Waals surface area (Å²) in [6.45, 7) is 0.719. The minimum absolute atomic E-state index is 0.0597. The first kappa shape index (κ1) is 13.3. The molecule has 7 nitrogen and oxygen atoms in total. The van der Waals surface area contributed by atoms with E-state index >= 15 is 0 Å². The normalized spacial score (nSPS) is 18.4. The van der Waals surface area contributed by atoms with Gasteiger partial charge in [-0.25, -0.2) is 9.78 Å². The van der Waals surface area contributed by atoms with Crippen molar-refractivity contribution >= 4 is 17.8 Å². The molecule has 0 saturated carbocycles. The molecule has 1 atom stereocenters. The first-order chi connectivity index (χ1) is 9.11. The fourth-order valence-corrected chi connectivity index (χ4v) is 2.25. The summed E-state index contributed by atoms with van der Waals surface area (Å²) in [5.41, 5.74) is 0.126. The topological polar surface area (TPSA) is 92.6 Å². The van der Waals surface area contributed by atoms with E-state index in [0.29, 0.717) is 5.82 Å². The van der Waals surface area contributed by atoms with Crippen molar-refractivity contribution < 1.29 is 19.4 Å². The first-order valence-electron chi connectivity index (χ1n) is 6.00. The Bertz CT molecular complexity index is 492. The molecule has 0 aliphatic carbocycles. The van der Waals surface area contributed by atoms with Gasteiger partial charge in [-0.3, -0.25) is 9.78 Å². The van der Waals surface area contributed by atoms with Crippen molar-refractivity contribution in [2.24, 2.45) is 0 Å². The molecular formula is C12H15N3O4. The Hall–Kier alpha value is -2.18. The van der Waals surface area contributed by atoms with Crippen LogP contribution in [0.3, 0.4) is 0 Å². The number of carbonyl (C=O) groups excluding carboxylic acids is 1. The Morgan fingerprint density at radius 2 is 2.32 bits per heavy atom. The fourth-order valence-electron chi connectivity index (χ4n) is 2.25. The second-order valence-electron chi connectivity index (χ2n) is 4.34. The highest BCUT2D eigenvalue weighted by molar-refractivity contribution is 5.87. The number of nitrogens with zero attached hydrogens (tertiary/aromatic N) is 3. The zero-order valence-corrected chi connectivity index (χ0v) is 10.6. The van der Waals surface area contributed by atoms with E-state index in [2.05, 4.69) is 14.7 Å². The summed E-state index contributed by atoms with van der Waals surface area (Å²) >= 11 is 0. The summed E-state index contributed by atoms with van der Waals surface area (Å²) in [6, 6.07) is -0.0975. The standard InChI is InChI=1S/C12H15N3O4/c1-19-12(18)9-6-13-7-10(14-9)15-4-2-3-8(15)5-11(16)17/h6-8H,2-5H2,1H3,(H,16,17). The fraction of sp³-hybridized carbons (Fsp3) is 0.500. The number of aromatic nitrogens is 2. The van der Waals surface area contributed by atoms with Gasteiger partial charge in [-0.2, -0.15) is 0 Å². The first-order valence-corrected chi connectivity index (χ1v) is 6.00. The van der Waals surface area contributed by atoms with Crippen molar-refractivity contribution in [1.82, 2.24) is 9.97 Å². The summed E-state index contributed by atoms with van der Waals surface area (Å²) in [4.78, 5) is 32.2. The number of hydrogen-bond acceptors (Lipinski definition) is 6. The van der Waals surface area contributed by atoms with E-state index < -0.39 is 11.9 Å². The number of carboxylic acids is 1. The lowest BCUT2D eigenvalue weighted by Crippen LogP contribution is -2.32. The number of carbonyl (C=O) groups is 2. The van der Waals surface area contributed by atoms with Crippen LogP contribution >= 0.6 is 0 Å². The molecule has 1 unspecified atom stereocenters. The van der Waals surface area contributed by atoms with Crippen LogP contribution in [0.25, 0.3) is 0 Å². The molecule has 0 radical (unpaired) electrons. The number of anilines is 1. The van der Waals surface area contributed by atoms with Gasteiger partial charge >= 0.3 is 11.9 Å². The quantitative estimate of drug-likeness (QED) is 0.801. The highest BCUT2D eigenvalue weighted by Crippen LogP contribution is 2.25. The van der Waals surface area contributed by atoms with Crippen molar-refractivity contribution in [3.05, 3.63) is 18.1 Å². The number of methoxy groups -OCH3 is 1. The van der Waals surface area contributed by atoms with Crippen LogP contribution in [0.5, 0.6) is 0 Å². The van der Waals surface area contributed by atoms with Gasteiger partial charge in [0.25, 0.3) is 0 Å². The van der Waals surface area contributed by atoms with Crippen molar-refractivity contribution in [1.29, 1.82) is 0 Å². The third kappa shape index (κ3) is 2.98. The van der Waals surface area contributed by atoms with Gasteiger partial charge < -0.3 is 14.7 Å². The summed E-state index contributed by atoms with van der Waals surface area (Å²) in [5, 5.41) is 8.88. The summed E-state index contributed by atoms with van der Waals surface area (Å²) in [7, 11) is 1.28. The molecule has 0 spiro atoms. The maximum absolute atomic E-state index is 11.4. The number of hydrogen-bond donors (Lipinski definition) is 1. The van der Waals surface area contributed by atoms with Crippen LogP contribution in [0, 0.1) is 0 Å². The Balaban J connectivity index is 2.20. The molecular weight excluding hydrogens is 250 g/mol. The predicted molar refractivity (Wildman–Crippen MR) is 66.0 cm³/mol. The molecule has 102 valence electrons. The molecule has 19 heavy (non-hydrogen) atoms. The minimum atomic E-state index is -0.839. The molecule has 2 heterocycles. The summed E-state index contributed by atoms with van der Waals surface area (Å²) in [6.07, 6.45) is 4.63. The van der Waals surface area contributed by atoms with E-state index in [1.165, 1.54) is 19.5 Å². The number of rotatable bonds is 4. The van der Waals surface area contributed by atoms with Crippen LogP contribution in [0.1, 0.15) is 29.8 Å². The molecule has 1 aromatic heterocycles. The van der Waals surface area contributed by atoms with Crippen LogP contribution in [0.2, 0.25) is 0 Å². The maximum Gasteiger partial charge on any atom is 0.358 e. The maximum atomic E-state index is 11.4. The van der Waals surface area contributed by atoms with E-state index in [1.807, 2.05) is 4.90 Å². The van der Waals surface area contributed by atoms with Gasteiger partial charge in [-0.05, 0) is 12.8 Å². The lowest BCUT2D eigenvalue weighted by Gasteiger charge is -2.24. The molecule has 0 aromatic carbocycles. The Morgan fingerprint density at radius 3 is 3.00 bits per heavy atom. The second-order valence-corrected chi connectivity index (χ2v) is 4.34. The molecule has 1 N–H and O–H groups in total. The zero-order chi connectivity index (χ0) is 13.8. The van der Waals surface area contributed by atoms with Gasteiger partial charge in [-0.15, -0.1) is 0 Å². The smallest absolute Gasteiger partial charge is 0.358 e. The van der Waals surface area contributed by atoms with E-state index in [4.69, 9.17) is 5.11 Å². The molecule has 1 aromatic rings. The second kappa shape index (κ2) is 5.64. The highest BCUT2D eigenvalue weighted by Gasteiger charge is 2.28. The van der Waals surface area contributed by atoms with Crippen molar-refractivity contribution in [3.63, 3.8) is 0 Å². The van der Waals surface area contributed by atoms with Crippen LogP contribution in [0.4, 0.5) is 5.82 Å². The molecule has 1 saturated heterocycles. The zero-order valence-electron chi connectivity index (χ0n) is 10.6. The minimum Gasteiger partial charge on any atom is -0.481 e. The van der Waals surface area contributed by atoms with Crippen LogP contribution in [-0.4, -0.2) is 46.7 Å². The molecule has 2 rings (SSSR count). The number of esters is 1. The van der Waals surface area contributed by atoms with Crippen molar-refractivity contribution in [3.8, 4) is 0 Å². The average Bonchev–Trinajstić information content (AvgIpc) is 2.85. The van der Waals surface area contributed by atoms with Gasteiger partial charge in [0.15, 0.2) is 5.69 Å². The largest absolute Gasteiger partial charge is 0.481 e. The third-order valence-corrected chi connectivity index (χ3v) is 3.10. The SMILES string of the molecule is COC(=O)c1cncc(N2CCCC2CC(=O)O)n1. The summed E-state index contributed by atoms with van der Waals surface area (Å²) in [5.74, 6) is -0.871. The van der Waals surface area contributed by atoms with E-state index in [9.17, 15) is 9.59 Å². The van der Waals surface area contributed by atoms with Gasteiger partial charge in [0.05, 0.1) is 25.9 Å². The van der Waals surface area contributed by atoms with E-state index in [0.717, 1.165) is 19.4 Å². The lowest BCUT2D eigenvalue weighted by molar-refractivity contribution is -0.137. The van der Waals surface area contributed by atoms with E-state index in [-0.39, 0.29) is 18.2 Å². The van der Waals surface area contributed by atoms with Crippen LogP contribution in [0.15, 0.2) is 12.4 Å². The van der Waals surface area contributed by atoms with Crippen LogP contribution in [-0.2, 0) is 9.53 Å². The molecule has 1 aliphatic heterocycles. The molecule has 1 fully saturated rings. The van der Waals surface area contributed by atoms with Gasteiger partial charge in [0.2, 0.25) is 0 Å². The molecule has 0 amide bonds. The number of aliphatic carboxylic acids is 1. The lowest BCUT2D eigenvalue weighted by atomic mass is 10.1.